The third-order valence-electron chi connectivity index (χ3n) is 4.77. The van der Waals surface area contributed by atoms with E-state index in [2.05, 4.69) is 4.98 Å². The largest absolute Gasteiger partial charge is 0.493 e. The second-order valence-electron chi connectivity index (χ2n) is 6.82. The van der Waals surface area contributed by atoms with Gasteiger partial charge in [-0.2, -0.15) is 0 Å². The molecule has 1 heterocycles. The van der Waals surface area contributed by atoms with Gasteiger partial charge in [-0.15, -0.1) is 0 Å². The van der Waals surface area contributed by atoms with E-state index in [-0.39, 0.29) is 18.8 Å². The molecule has 0 amide bonds. The van der Waals surface area contributed by atoms with Crippen LogP contribution in [0.2, 0.25) is 0 Å². The second kappa shape index (κ2) is 9.34. The number of aromatic nitrogens is 1. The summed E-state index contributed by atoms with van der Waals surface area (Å²) in [6.45, 7) is 2.60. The number of methoxy groups -OCH3 is 2. The van der Waals surface area contributed by atoms with Gasteiger partial charge in [-0.3, -0.25) is 14.4 Å². The van der Waals surface area contributed by atoms with Crippen molar-refractivity contribution >= 4 is 22.7 Å². The molecule has 0 unspecified atom stereocenters. The van der Waals surface area contributed by atoms with Gasteiger partial charge in [0.05, 0.1) is 14.2 Å². The fourth-order valence-corrected chi connectivity index (χ4v) is 3.37. The van der Waals surface area contributed by atoms with E-state index < -0.39 is 11.9 Å². The van der Waals surface area contributed by atoms with E-state index >= 15 is 0 Å². The van der Waals surface area contributed by atoms with Crippen LogP contribution in [0.3, 0.4) is 0 Å². The van der Waals surface area contributed by atoms with Crippen molar-refractivity contribution in [3.05, 3.63) is 58.0 Å². The Balaban J connectivity index is 2.38. The van der Waals surface area contributed by atoms with Crippen LogP contribution in [0.25, 0.3) is 21.9 Å². The van der Waals surface area contributed by atoms with Crippen molar-refractivity contribution in [2.24, 2.45) is 0 Å². The molecule has 0 fully saturated rings. The van der Waals surface area contributed by atoms with E-state index in [1.165, 1.54) is 27.0 Å². The molecule has 0 bridgehead atoms. The molecule has 0 atom stereocenters. The van der Waals surface area contributed by atoms with Crippen LogP contribution in [0.5, 0.6) is 11.5 Å². The number of carbonyl (C=O) groups excluding carboxylic acids is 2. The van der Waals surface area contributed by atoms with Crippen LogP contribution in [0.4, 0.5) is 0 Å². The first kappa shape index (κ1) is 21.9. The molecule has 31 heavy (non-hydrogen) atoms. The maximum Gasteiger partial charge on any atom is 0.302 e. The number of hydrogen-bond donors (Lipinski definition) is 1. The standard InChI is InChI=1S/C23H23NO7/c1-13(25)30-11-17-7-16-8-20(28-3)21(29-4)9-18(16)23(19(17)12-31-14(2)26)15-5-6-22(27)24-10-15/h5-10H,11-12H2,1-4H3,(H,24,27). The molecule has 3 aromatic rings. The Morgan fingerprint density at radius 1 is 0.903 bits per heavy atom. The number of fused-ring (bicyclic) bond motifs is 1. The van der Waals surface area contributed by atoms with Crippen molar-refractivity contribution in [3.63, 3.8) is 0 Å². The van der Waals surface area contributed by atoms with Crippen LogP contribution in [0, 0.1) is 0 Å². The molecule has 0 aliphatic rings. The van der Waals surface area contributed by atoms with E-state index in [1.807, 2.05) is 18.2 Å². The van der Waals surface area contributed by atoms with Gasteiger partial charge < -0.3 is 23.9 Å². The Morgan fingerprint density at radius 2 is 1.55 bits per heavy atom. The van der Waals surface area contributed by atoms with Crippen LogP contribution in [-0.4, -0.2) is 31.1 Å². The predicted octanol–water partition coefficient (Wildman–Crippen LogP) is 3.34. The monoisotopic (exact) mass is 425 g/mol. The molecule has 1 N–H and O–H groups in total. The first-order valence-electron chi connectivity index (χ1n) is 9.50. The number of nitrogens with one attached hydrogen (secondary N) is 1. The van der Waals surface area contributed by atoms with Crippen molar-refractivity contribution < 1.29 is 28.5 Å². The average molecular weight is 425 g/mol. The van der Waals surface area contributed by atoms with Gasteiger partial charge in [0.1, 0.15) is 13.2 Å². The summed E-state index contributed by atoms with van der Waals surface area (Å²) in [4.78, 5) is 37.3. The molecule has 0 saturated heterocycles. The molecular formula is C23H23NO7. The Kier molecular flexibility index (Phi) is 6.59. The van der Waals surface area contributed by atoms with E-state index in [9.17, 15) is 14.4 Å². The maximum atomic E-state index is 11.6. The summed E-state index contributed by atoms with van der Waals surface area (Å²) in [6, 6.07) is 8.58. The zero-order chi connectivity index (χ0) is 22.5. The summed E-state index contributed by atoms with van der Waals surface area (Å²) < 4.78 is 21.4. The number of rotatable bonds is 7. The topological polar surface area (TPSA) is 104 Å². The summed E-state index contributed by atoms with van der Waals surface area (Å²) >= 11 is 0. The summed E-state index contributed by atoms with van der Waals surface area (Å²) in [5, 5.41) is 1.59. The van der Waals surface area contributed by atoms with Crippen LogP contribution in [0.15, 0.2) is 41.3 Å². The molecule has 0 saturated carbocycles. The average Bonchev–Trinajstić information content (AvgIpc) is 2.75. The minimum absolute atomic E-state index is 0.00737. The third-order valence-corrected chi connectivity index (χ3v) is 4.77. The lowest BCUT2D eigenvalue weighted by molar-refractivity contribution is -0.143. The van der Waals surface area contributed by atoms with Crippen LogP contribution < -0.4 is 15.0 Å². The van der Waals surface area contributed by atoms with Gasteiger partial charge in [-0.1, -0.05) is 0 Å². The second-order valence-corrected chi connectivity index (χ2v) is 6.82. The lowest BCUT2D eigenvalue weighted by Gasteiger charge is -2.19. The lowest BCUT2D eigenvalue weighted by atomic mass is 9.90. The van der Waals surface area contributed by atoms with Gasteiger partial charge in [-0.05, 0) is 51.7 Å². The number of aromatic amines is 1. The maximum absolute atomic E-state index is 11.6. The van der Waals surface area contributed by atoms with E-state index in [4.69, 9.17) is 18.9 Å². The van der Waals surface area contributed by atoms with E-state index in [1.54, 1.807) is 19.4 Å². The lowest BCUT2D eigenvalue weighted by Crippen LogP contribution is -2.09. The number of H-pyrrole nitrogens is 1. The highest BCUT2D eigenvalue weighted by atomic mass is 16.5. The fourth-order valence-electron chi connectivity index (χ4n) is 3.37. The van der Waals surface area contributed by atoms with E-state index in [0.717, 1.165) is 16.3 Å². The first-order valence-corrected chi connectivity index (χ1v) is 9.50. The molecule has 0 aliphatic heterocycles. The highest BCUT2D eigenvalue weighted by Gasteiger charge is 2.19. The molecule has 0 aliphatic carbocycles. The van der Waals surface area contributed by atoms with Crippen LogP contribution in [-0.2, 0) is 32.3 Å². The molecule has 0 spiro atoms. The first-order chi connectivity index (χ1) is 14.8. The Bertz CT molecular complexity index is 1180. The number of hydrogen-bond acceptors (Lipinski definition) is 7. The van der Waals surface area contributed by atoms with Gasteiger partial charge >= 0.3 is 11.9 Å². The van der Waals surface area contributed by atoms with Crippen molar-refractivity contribution in [3.8, 4) is 22.6 Å². The van der Waals surface area contributed by atoms with Gasteiger partial charge in [0, 0.05) is 31.7 Å². The molecule has 8 heteroatoms. The normalized spacial score (nSPS) is 10.6. The summed E-state index contributed by atoms with van der Waals surface area (Å²) in [5.74, 6) is 0.176. The minimum Gasteiger partial charge on any atom is -0.493 e. The third kappa shape index (κ3) is 4.85. The smallest absolute Gasteiger partial charge is 0.302 e. The minimum atomic E-state index is -0.446. The van der Waals surface area contributed by atoms with Crippen molar-refractivity contribution in [1.82, 2.24) is 4.98 Å². The Labute approximate surface area is 178 Å². The highest BCUT2D eigenvalue weighted by molar-refractivity contribution is 6.01. The molecule has 3 rings (SSSR count). The van der Waals surface area contributed by atoms with Crippen molar-refractivity contribution in [2.75, 3.05) is 14.2 Å². The van der Waals surface area contributed by atoms with Crippen molar-refractivity contribution in [1.29, 1.82) is 0 Å². The number of benzene rings is 2. The Morgan fingerprint density at radius 3 is 2.13 bits per heavy atom. The van der Waals surface area contributed by atoms with Gasteiger partial charge in [0.15, 0.2) is 11.5 Å². The molecule has 0 radical (unpaired) electrons. The number of pyridine rings is 1. The number of carbonyl (C=O) groups is 2. The summed E-state index contributed by atoms with van der Waals surface area (Å²) in [7, 11) is 3.08. The Hall–Kier alpha value is -3.81. The zero-order valence-electron chi connectivity index (χ0n) is 17.7. The number of esters is 2. The summed E-state index contributed by atoms with van der Waals surface area (Å²) in [6.07, 6.45) is 1.58. The molecule has 1 aromatic heterocycles. The van der Waals surface area contributed by atoms with Gasteiger partial charge in [0.25, 0.3) is 0 Å². The number of ether oxygens (including phenoxy) is 4. The quantitative estimate of drug-likeness (QED) is 0.579. The van der Waals surface area contributed by atoms with Crippen LogP contribution >= 0.6 is 0 Å². The SMILES string of the molecule is COc1cc2cc(COC(C)=O)c(COC(C)=O)c(-c3ccc(=O)[nH]c3)c2cc1OC. The zero-order valence-corrected chi connectivity index (χ0v) is 17.7. The van der Waals surface area contributed by atoms with E-state index in [0.29, 0.717) is 28.2 Å². The molecule has 8 nitrogen and oxygen atoms in total. The molecule has 2 aromatic carbocycles. The van der Waals surface area contributed by atoms with Gasteiger partial charge in [0.2, 0.25) is 5.56 Å². The molecular weight excluding hydrogens is 402 g/mol. The summed E-state index contributed by atoms with van der Waals surface area (Å²) in [5.41, 5.74) is 2.49. The fraction of sp³-hybridized carbons (Fsp3) is 0.261. The molecule has 162 valence electrons. The highest BCUT2D eigenvalue weighted by Crippen LogP contribution is 2.40. The van der Waals surface area contributed by atoms with Crippen molar-refractivity contribution in [2.45, 2.75) is 27.1 Å². The van der Waals surface area contributed by atoms with Crippen LogP contribution in [0.1, 0.15) is 25.0 Å². The van der Waals surface area contributed by atoms with Gasteiger partial charge in [-0.25, -0.2) is 0 Å². The predicted molar refractivity (Wildman–Crippen MR) is 114 cm³/mol.